The molecule has 5 rings (SSSR count). The summed E-state index contributed by atoms with van der Waals surface area (Å²) in [7, 11) is 0. The Morgan fingerprint density at radius 2 is 1.44 bits per heavy atom. The summed E-state index contributed by atoms with van der Waals surface area (Å²) in [6.45, 7) is 4.50. The Morgan fingerprint density at radius 3 is 2.10 bits per heavy atom. The number of nitrogens with zero attached hydrogens (tertiary/aromatic N) is 2. The Kier molecular flexibility index (Phi) is 15.7. The molecule has 0 saturated heterocycles. The van der Waals surface area contributed by atoms with Crippen LogP contribution in [0.2, 0.25) is 5.02 Å². The molecule has 2 heterocycles. The third kappa shape index (κ3) is 13.2. The minimum Gasteiger partial charge on any atom is -0.481 e. The Labute approximate surface area is 356 Å². The van der Waals surface area contributed by atoms with E-state index in [0.717, 1.165) is 16.6 Å². The van der Waals surface area contributed by atoms with Crippen LogP contribution >= 0.6 is 11.6 Å². The number of pyridine rings is 1. The molecular formula is C44H48ClN8O8+. The molecule has 0 aliphatic carbocycles. The van der Waals surface area contributed by atoms with E-state index in [1.807, 2.05) is 57.7 Å². The molecule has 0 aliphatic rings. The predicted molar refractivity (Wildman–Crippen MR) is 229 cm³/mol. The summed E-state index contributed by atoms with van der Waals surface area (Å²) in [5.74, 6) is -4.73. The number of nitrogens with one attached hydrogen (secondary N) is 5. The molecule has 0 fully saturated rings. The van der Waals surface area contributed by atoms with Crippen LogP contribution in [0, 0.1) is 5.92 Å². The molecule has 61 heavy (non-hydrogen) atoms. The van der Waals surface area contributed by atoms with E-state index in [9.17, 15) is 33.6 Å². The molecule has 318 valence electrons. The van der Waals surface area contributed by atoms with E-state index in [2.05, 4.69) is 26.6 Å². The highest BCUT2D eigenvalue weighted by Gasteiger charge is 2.29. The number of nitrogens with two attached hydrogens (primary N) is 1. The minimum atomic E-state index is -1.15. The fourth-order valence-electron chi connectivity index (χ4n) is 6.48. The van der Waals surface area contributed by atoms with Crippen LogP contribution in [0.15, 0.2) is 104 Å². The average molecular weight is 852 g/mol. The number of carbonyl (C=O) groups excluding carboxylic acids is 6. The van der Waals surface area contributed by atoms with Crippen molar-refractivity contribution in [3.63, 3.8) is 0 Å². The van der Waals surface area contributed by atoms with Gasteiger partial charge in [0, 0.05) is 65.0 Å². The molecule has 0 saturated carbocycles. The Hall–Kier alpha value is -7.07. The SMILES string of the molecule is CC(C)[C@H](NC(=O)CCC(=O)O)C(=O)N[C@@H](CCCNC(N)=O)C(=O)Nc1ccc(C[n+]2ccc(NC(=O)C(=O)c3cn(Cc4ccc(Cl)cc4)c4ccccc34)cc2)cc1. The lowest BCUT2D eigenvalue weighted by atomic mass is 10.0. The van der Waals surface area contributed by atoms with Gasteiger partial charge in [0.05, 0.1) is 17.7 Å². The lowest BCUT2D eigenvalue weighted by molar-refractivity contribution is -0.688. The van der Waals surface area contributed by atoms with Gasteiger partial charge in [-0.15, -0.1) is 0 Å². The van der Waals surface area contributed by atoms with Crippen molar-refractivity contribution in [1.82, 2.24) is 20.5 Å². The van der Waals surface area contributed by atoms with Gasteiger partial charge in [-0.1, -0.05) is 67.9 Å². The summed E-state index contributed by atoms with van der Waals surface area (Å²) < 4.78 is 3.80. The van der Waals surface area contributed by atoms with E-state index < -0.39 is 59.9 Å². The fraction of sp³-hybridized carbons (Fsp3) is 0.273. The Morgan fingerprint density at radius 1 is 0.787 bits per heavy atom. The van der Waals surface area contributed by atoms with Gasteiger partial charge >= 0.3 is 12.0 Å². The molecule has 2 atom stereocenters. The number of halogens is 1. The zero-order valence-electron chi connectivity index (χ0n) is 33.7. The van der Waals surface area contributed by atoms with Crippen LogP contribution in [0.25, 0.3) is 10.9 Å². The van der Waals surface area contributed by atoms with Crippen LogP contribution in [-0.4, -0.2) is 69.7 Å². The van der Waals surface area contributed by atoms with Crippen molar-refractivity contribution >= 4 is 75.3 Å². The highest BCUT2D eigenvalue weighted by molar-refractivity contribution is 6.48. The maximum atomic E-state index is 13.5. The molecule has 0 unspecified atom stereocenters. The molecule has 6 amide bonds. The number of hydrogen-bond donors (Lipinski definition) is 7. The number of hydrogen-bond acceptors (Lipinski definition) is 7. The Balaban J connectivity index is 1.18. The Bertz CT molecular complexity index is 2380. The topological polar surface area (TPSA) is 235 Å². The second-order valence-electron chi connectivity index (χ2n) is 14.7. The van der Waals surface area contributed by atoms with Gasteiger partial charge in [0.2, 0.25) is 17.7 Å². The minimum absolute atomic E-state index is 0.129. The predicted octanol–water partition coefficient (Wildman–Crippen LogP) is 4.38. The number of rotatable bonds is 20. The molecular weight excluding hydrogens is 804 g/mol. The number of urea groups is 1. The molecule has 0 bridgehead atoms. The summed E-state index contributed by atoms with van der Waals surface area (Å²) in [5.41, 5.74) is 9.02. The van der Waals surface area contributed by atoms with Gasteiger partial charge in [0.25, 0.3) is 11.7 Å². The first-order valence-electron chi connectivity index (χ1n) is 19.6. The number of carboxylic acid groups (broad SMARTS) is 1. The van der Waals surface area contributed by atoms with Crippen molar-refractivity contribution < 1.29 is 43.2 Å². The van der Waals surface area contributed by atoms with Crippen molar-refractivity contribution in [2.45, 2.75) is 64.7 Å². The summed E-state index contributed by atoms with van der Waals surface area (Å²) in [5, 5.41) is 23.4. The standard InChI is InChI=1S/C44H47ClN8O8/c1-27(2)39(51-37(54)17-18-38(55)56)42(59)50-35(7-5-21-47-44(46)61)41(58)48-31-15-11-28(12-16-31)24-52-22-19-32(20-23-52)49-43(60)40(57)34-26-53(36-8-4-3-6-33(34)36)25-29-9-13-30(45)14-10-29/h3-4,6,8-16,19-20,22-23,26-27,35,39H,5,7,17-18,21,24-25H2,1-2H3,(H7,46,47,48,50,51,54,55,56,58,59,61)/p+1/t35-,39-/m0/s1. The number of aliphatic carboxylic acids is 1. The quantitative estimate of drug-likeness (QED) is 0.0256. The van der Waals surface area contributed by atoms with Gasteiger partial charge < -0.3 is 42.0 Å². The number of para-hydroxylation sites is 1. The van der Waals surface area contributed by atoms with E-state index in [1.165, 1.54) is 0 Å². The number of benzene rings is 3. The van der Waals surface area contributed by atoms with Crippen molar-refractivity contribution in [1.29, 1.82) is 0 Å². The third-order valence-electron chi connectivity index (χ3n) is 9.67. The largest absolute Gasteiger partial charge is 0.481 e. The fourth-order valence-corrected chi connectivity index (χ4v) is 6.61. The van der Waals surface area contributed by atoms with E-state index in [0.29, 0.717) is 46.9 Å². The van der Waals surface area contributed by atoms with Gasteiger partial charge in [-0.3, -0.25) is 28.8 Å². The molecule has 0 aliphatic heterocycles. The molecule has 5 aromatic rings. The van der Waals surface area contributed by atoms with Crippen LogP contribution in [0.3, 0.4) is 0 Å². The van der Waals surface area contributed by atoms with Crippen LogP contribution < -0.4 is 36.9 Å². The van der Waals surface area contributed by atoms with Crippen molar-refractivity contribution in [3.8, 4) is 0 Å². The second-order valence-corrected chi connectivity index (χ2v) is 15.2. The molecule has 17 heteroatoms. The number of fused-ring (bicyclic) bond motifs is 1. The van der Waals surface area contributed by atoms with E-state index in [1.54, 1.807) is 68.8 Å². The zero-order chi connectivity index (χ0) is 44.1. The molecule has 0 radical (unpaired) electrons. The number of Topliss-reactive ketones (excluding diaryl/α,β-unsaturated/α-hetero) is 1. The van der Waals surface area contributed by atoms with Gasteiger partial charge in [-0.05, 0) is 54.7 Å². The molecule has 8 N–H and O–H groups in total. The summed E-state index contributed by atoms with van der Waals surface area (Å²) in [4.78, 5) is 87.7. The average Bonchev–Trinajstić information content (AvgIpc) is 3.59. The first-order chi connectivity index (χ1) is 29.2. The summed E-state index contributed by atoms with van der Waals surface area (Å²) in [6.07, 6.45) is 4.93. The lowest BCUT2D eigenvalue weighted by Gasteiger charge is -2.25. The van der Waals surface area contributed by atoms with Gasteiger partial charge in [0.15, 0.2) is 18.9 Å². The number of aromatic nitrogens is 2. The molecule has 2 aromatic heterocycles. The second kappa shape index (κ2) is 21.3. The number of carbonyl (C=O) groups is 7. The zero-order valence-corrected chi connectivity index (χ0v) is 34.4. The summed E-state index contributed by atoms with van der Waals surface area (Å²) in [6, 6.07) is 22.4. The first-order valence-corrected chi connectivity index (χ1v) is 20.0. The normalized spacial score (nSPS) is 11.9. The smallest absolute Gasteiger partial charge is 0.312 e. The number of amides is 6. The first kappa shape index (κ1) is 45.0. The highest BCUT2D eigenvalue weighted by atomic mass is 35.5. The van der Waals surface area contributed by atoms with E-state index >= 15 is 0 Å². The number of ketones is 1. The maximum Gasteiger partial charge on any atom is 0.312 e. The van der Waals surface area contributed by atoms with Crippen LogP contribution in [0.1, 0.15) is 61.0 Å². The third-order valence-corrected chi connectivity index (χ3v) is 9.93. The van der Waals surface area contributed by atoms with Gasteiger partial charge in [0.1, 0.15) is 12.1 Å². The van der Waals surface area contributed by atoms with Crippen molar-refractivity contribution in [3.05, 3.63) is 125 Å². The molecule has 0 spiro atoms. The number of primary amides is 1. The monoisotopic (exact) mass is 851 g/mol. The van der Waals surface area contributed by atoms with Crippen LogP contribution in [0.5, 0.6) is 0 Å². The summed E-state index contributed by atoms with van der Waals surface area (Å²) >= 11 is 6.05. The number of carboxylic acids is 1. The van der Waals surface area contributed by atoms with E-state index in [-0.39, 0.29) is 25.3 Å². The molecule has 16 nitrogen and oxygen atoms in total. The van der Waals surface area contributed by atoms with E-state index in [4.69, 9.17) is 22.4 Å². The van der Waals surface area contributed by atoms with Crippen LogP contribution in [0.4, 0.5) is 16.2 Å². The lowest BCUT2D eigenvalue weighted by Crippen LogP contribution is -2.54. The van der Waals surface area contributed by atoms with Crippen molar-refractivity contribution in [2.24, 2.45) is 11.7 Å². The van der Waals surface area contributed by atoms with Gasteiger partial charge in [-0.2, -0.15) is 0 Å². The number of anilines is 2. The highest BCUT2D eigenvalue weighted by Crippen LogP contribution is 2.24. The molecule has 3 aromatic carbocycles. The maximum absolute atomic E-state index is 13.5. The van der Waals surface area contributed by atoms with Crippen molar-refractivity contribution in [2.75, 3.05) is 17.2 Å². The van der Waals surface area contributed by atoms with Gasteiger partial charge in [-0.25, -0.2) is 9.36 Å². The van der Waals surface area contributed by atoms with Crippen LogP contribution in [-0.2, 0) is 37.1 Å².